The summed E-state index contributed by atoms with van der Waals surface area (Å²) in [5.74, 6) is 0.509. The van der Waals surface area contributed by atoms with E-state index in [2.05, 4.69) is 33.6 Å². The van der Waals surface area contributed by atoms with E-state index >= 15 is 0 Å². The highest BCUT2D eigenvalue weighted by Crippen LogP contribution is 2.27. The third kappa shape index (κ3) is 4.96. The number of benzene rings is 1. The van der Waals surface area contributed by atoms with Gasteiger partial charge in [0.05, 0.1) is 6.20 Å². The van der Waals surface area contributed by atoms with Crippen molar-refractivity contribution >= 4 is 35.6 Å². The number of nitrogens with one attached hydrogen (secondary N) is 1. The highest BCUT2D eigenvalue weighted by atomic mass is 127. The van der Waals surface area contributed by atoms with Crippen LogP contribution >= 0.6 is 24.0 Å². The molecule has 3 N–H and O–H groups in total. The zero-order chi connectivity index (χ0) is 16.1. The number of nitrogens with zero attached hydrogens (tertiary/aromatic N) is 3. The summed E-state index contributed by atoms with van der Waals surface area (Å²) in [4.78, 5) is 4.45. The molecule has 1 aromatic carbocycles. The highest BCUT2D eigenvalue weighted by Gasteiger charge is 2.12. The molecule has 0 saturated heterocycles. The van der Waals surface area contributed by atoms with E-state index < -0.39 is 0 Å². The van der Waals surface area contributed by atoms with Crippen LogP contribution in [-0.2, 0) is 26.3 Å². The van der Waals surface area contributed by atoms with Crippen LogP contribution in [0.15, 0.2) is 35.6 Å². The Bertz CT molecular complexity index is 692. The molecule has 24 heavy (non-hydrogen) atoms. The number of nitrogens with two attached hydrogens (primary N) is 1. The van der Waals surface area contributed by atoms with Crippen LogP contribution in [0.3, 0.4) is 0 Å². The first-order valence-electron chi connectivity index (χ1n) is 8.37. The molecule has 0 radical (unpaired) electrons. The molecule has 1 aromatic heterocycles. The van der Waals surface area contributed by atoms with Crippen LogP contribution in [0.2, 0.25) is 0 Å². The highest BCUT2D eigenvalue weighted by molar-refractivity contribution is 14.0. The van der Waals surface area contributed by atoms with Crippen molar-refractivity contribution in [2.45, 2.75) is 38.5 Å². The summed E-state index contributed by atoms with van der Waals surface area (Å²) in [5.41, 5.74) is 11.3. The number of anilines is 1. The van der Waals surface area contributed by atoms with E-state index in [1.807, 2.05) is 24.1 Å². The molecule has 1 aliphatic rings. The summed E-state index contributed by atoms with van der Waals surface area (Å²) in [6, 6.07) is 6.42. The Morgan fingerprint density at radius 2 is 2.17 bits per heavy atom. The Kier molecular flexibility index (Phi) is 7.08. The summed E-state index contributed by atoms with van der Waals surface area (Å²) in [5, 5.41) is 7.46. The number of fused-ring (bicyclic) bond motifs is 1. The molecule has 0 bridgehead atoms. The summed E-state index contributed by atoms with van der Waals surface area (Å²) >= 11 is 0. The molecule has 0 unspecified atom stereocenters. The number of aromatic nitrogens is 2. The fourth-order valence-corrected chi connectivity index (χ4v) is 3.16. The van der Waals surface area contributed by atoms with Gasteiger partial charge in [-0.3, -0.25) is 9.67 Å². The van der Waals surface area contributed by atoms with Gasteiger partial charge in [-0.15, -0.1) is 24.0 Å². The van der Waals surface area contributed by atoms with Gasteiger partial charge in [0, 0.05) is 25.5 Å². The molecule has 0 fully saturated rings. The van der Waals surface area contributed by atoms with Gasteiger partial charge in [-0.25, -0.2) is 0 Å². The first-order valence-corrected chi connectivity index (χ1v) is 8.37. The molecular formula is C18H26IN5. The molecule has 6 heteroatoms. The van der Waals surface area contributed by atoms with Crippen LogP contribution in [-0.4, -0.2) is 22.3 Å². The lowest BCUT2D eigenvalue weighted by atomic mass is 9.90. The molecule has 5 nitrogen and oxygen atoms in total. The van der Waals surface area contributed by atoms with Crippen LogP contribution in [0.5, 0.6) is 0 Å². The van der Waals surface area contributed by atoms with Gasteiger partial charge < -0.3 is 11.1 Å². The van der Waals surface area contributed by atoms with E-state index in [1.54, 1.807) is 0 Å². The van der Waals surface area contributed by atoms with Gasteiger partial charge >= 0.3 is 0 Å². The van der Waals surface area contributed by atoms with Gasteiger partial charge in [0.25, 0.3) is 0 Å². The molecule has 0 amide bonds. The molecule has 3 rings (SSSR count). The van der Waals surface area contributed by atoms with Crippen molar-refractivity contribution in [2.24, 2.45) is 17.8 Å². The van der Waals surface area contributed by atoms with E-state index in [9.17, 15) is 0 Å². The van der Waals surface area contributed by atoms with Crippen molar-refractivity contribution in [2.75, 3.05) is 11.9 Å². The number of hydrogen-bond donors (Lipinski definition) is 2. The van der Waals surface area contributed by atoms with Crippen LogP contribution in [0.25, 0.3) is 0 Å². The second-order valence-electron chi connectivity index (χ2n) is 6.17. The van der Waals surface area contributed by atoms with Crippen molar-refractivity contribution in [3.8, 4) is 0 Å². The number of hydrogen-bond acceptors (Lipinski definition) is 2. The lowest BCUT2D eigenvalue weighted by Crippen LogP contribution is -2.24. The van der Waals surface area contributed by atoms with Crippen LogP contribution < -0.4 is 11.1 Å². The Hall–Kier alpha value is -1.57. The summed E-state index contributed by atoms with van der Waals surface area (Å²) in [7, 11) is 1.93. The van der Waals surface area contributed by atoms with Crippen molar-refractivity contribution in [3.05, 3.63) is 47.3 Å². The lowest BCUT2D eigenvalue weighted by molar-refractivity contribution is 0.687. The fraction of sp³-hybridized carbons (Fsp3) is 0.444. The number of aliphatic imine (C=N–C) groups is 1. The van der Waals surface area contributed by atoms with Crippen LogP contribution in [0.1, 0.15) is 36.0 Å². The molecular weight excluding hydrogens is 413 g/mol. The van der Waals surface area contributed by atoms with Gasteiger partial charge in [-0.2, -0.15) is 5.10 Å². The van der Waals surface area contributed by atoms with E-state index in [0.29, 0.717) is 5.96 Å². The second-order valence-corrected chi connectivity index (χ2v) is 6.17. The van der Waals surface area contributed by atoms with E-state index in [0.717, 1.165) is 31.5 Å². The largest absolute Gasteiger partial charge is 0.370 e. The average molecular weight is 439 g/mol. The van der Waals surface area contributed by atoms with E-state index in [4.69, 9.17) is 5.73 Å². The third-order valence-electron chi connectivity index (χ3n) is 4.32. The molecule has 0 saturated carbocycles. The lowest BCUT2D eigenvalue weighted by Gasteiger charge is -2.19. The van der Waals surface area contributed by atoms with Crippen molar-refractivity contribution in [1.29, 1.82) is 0 Å². The molecule has 1 aliphatic carbocycles. The first kappa shape index (κ1) is 18.8. The van der Waals surface area contributed by atoms with Gasteiger partial charge in [0.1, 0.15) is 0 Å². The Morgan fingerprint density at radius 3 is 2.96 bits per heavy atom. The summed E-state index contributed by atoms with van der Waals surface area (Å²) < 4.78 is 1.83. The zero-order valence-electron chi connectivity index (χ0n) is 14.2. The van der Waals surface area contributed by atoms with Gasteiger partial charge in [-0.05, 0) is 61.3 Å². The minimum atomic E-state index is 0. The maximum Gasteiger partial charge on any atom is 0.193 e. The van der Waals surface area contributed by atoms with Crippen LogP contribution in [0.4, 0.5) is 5.69 Å². The fourth-order valence-electron chi connectivity index (χ4n) is 3.16. The molecule has 0 aliphatic heterocycles. The minimum Gasteiger partial charge on any atom is -0.370 e. The standard InChI is InChI=1S/C18H25N5.HI/c1-23-13-14(12-21-23)6-5-11-20-18(19)22-17-10-4-8-15-7-2-3-9-16(15)17;/h4,8,10,12-13H,2-3,5-7,9,11H2,1H3,(H3,19,20,22);1H. The predicted molar refractivity (Wildman–Crippen MR) is 110 cm³/mol. The zero-order valence-corrected chi connectivity index (χ0v) is 16.5. The maximum atomic E-state index is 6.04. The smallest absolute Gasteiger partial charge is 0.193 e. The normalized spacial score (nSPS) is 14.0. The predicted octanol–water partition coefficient (Wildman–Crippen LogP) is 3.28. The summed E-state index contributed by atoms with van der Waals surface area (Å²) in [6.45, 7) is 0.725. The molecule has 0 spiro atoms. The monoisotopic (exact) mass is 439 g/mol. The molecule has 2 aromatic rings. The summed E-state index contributed by atoms with van der Waals surface area (Å²) in [6.07, 6.45) is 10.7. The first-order chi connectivity index (χ1) is 11.2. The van der Waals surface area contributed by atoms with E-state index in [1.165, 1.54) is 36.0 Å². The second kappa shape index (κ2) is 9.05. The molecule has 130 valence electrons. The molecule has 1 heterocycles. The topological polar surface area (TPSA) is 68.2 Å². The van der Waals surface area contributed by atoms with Crippen molar-refractivity contribution in [1.82, 2.24) is 9.78 Å². The average Bonchev–Trinajstić information content (AvgIpc) is 2.97. The quantitative estimate of drug-likeness (QED) is 0.325. The Labute approximate surface area is 160 Å². The van der Waals surface area contributed by atoms with E-state index in [-0.39, 0.29) is 24.0 Å². The van der Waals surface area contributed by atoms with Gasteiger partial charge in [0.15, 0.2) is 5.96 Å². The van der Waals surface area contributed by atoms with Crippen LogP contribution in [0, 0.1) is 0 Å². The number of rotatable bonds is 5. The maximum absolute atomic E-state index is 6.04. The molecule has 0 atom stereocenters. The number of halogens is 1. The number of guanidine groups is 1. The van der Waals surface area contributed by atoms with Gasteiger partial charge in [-0.1, -0.05) is 12.1 Å². The third-order valence-corrected chi connectivity index (χ3v) is 4.32. The minimum absolute atomic E-state index is 0. The Balaban J connectivity index is 0.00000208. The Morgan fingerprint density at radius 1 is 1.33 bits per heavy atom. The van der Waals surface area contributed by atoms with Crippen molar-refractivity contribution < 1.29 is 0 Å². The van der Waals surface area contributed by atoms with Crippen molar-refractivity contribution in [3.63, 3.8) is 0 Å². The van der Waals surface area contributed by atoms with Gasteiger partial charge in [0.2, 0.25) is 0 Å². The number of aryl methyl sites for hydroxylation is 3. The SMILES string of the molecule is Cn1cc(CCCN=C(N)Nc2cccc3c2CCCC3)cn1.I.